The zero-order valence-corrected chi connectivity index (χ0v) is 11.2. The highest BCUT2D eigenvalue weighted by molar-refractivity contribution is 5.79. The lowest BCUT2D eigenvalue weighted by Crippen LogP contribution is -2.52. The van der Waals surface area contributed by atoms with Crippen molar-refractivity contribution in [3.63, 3.8) is 0 Å². The molecule has 0 spiro atoms. The molecule has 0 aromatic heterocycles. The molecule has 18 heavy (non-hydrogen) atoms. The van der Waals surface area contributed by atoms with Crippen LogP contribution < -0.4 is 5.73 Å². The summed E-state index contributed by atoms with van der Waals surface area (Å²) >= 11 is 0. The first-order valence-corrected chi connectivity index (χ1v) is 5.71. The first-order valence-electron chi connectivity index (χ1n) is 5.71. The molecule has 4 nitrogen and oxygen atoms in total. The molecular formula is C11H21F3N2O2. The first kappa shape index (κ1) is 17.2. The molecule has 0 fully saturated rings. The summed E-state index contributed by atoms with van der Waals surface area (Å²) in [6.45, 7) is 3.92. The van der Waals surface area contributed by atoms with Gasteiger partial charge in [0.25, 0.3) is 0 Å². The smallest absolute Gasteiger partial charge is 0.401 e. The predicted molar refractivity (Wildman–Crippen MR) is 62.0 cm³/mol. The van der Waals surface area contributed by atoms with Gasteiger partial charge in [-0.15, -0.1) is 0 Å². The lowest BCUT2D eigenvalue weighted by atomic mass is 9.94. The Morgan fingerprint density at radius 3 is 2.28 bits per heavy atom. The Balaban J connectivity index is 4.62. The Morgan fingerprint density at radius 1 is 1.44 bits per heavy atom. The topological polar surface area (TPSA) is 55.6 Å². The molecule has 0 aliphatic heterocycles. The van der Waals surface area contributed by atoms with Crippen LogP contribution in [-0.2, 0) is 9.53 Å². The van der Waals surface area contributed by atoms with Crippen molar-refractivity contribution in [2.24, 2.45) is 5.73 Å². The normalized spacial score (nSPS) is 17.4. The second kappa shape index (κ2) is 6.38. The number of carbonyl (C=O) groups excluding carboxylic acids is 1. The third-order valence-corrected chi connectivity index (χ3v) is 2.78. The molecule has 0 rings (SSSR count). The molecular weight excluding hydrogens is 249 g/mol. The maximum Gasteiger partial charge on any atom is 0.401 e. The molecule has 7 heteroatoms. The van der Waals surface area contributed by atoms with Crippen LogP contribution in [0, 0.1) is 0 Å². The molecule has 2 N–H and O–H groups in total. The van der Waals surface area contributed by atoms with Crippen molar-refractivity contribution in [2.75, 3.05) is 20.2 Å². The second-order valence-electron chi connectivity index (χ2n) is 4.64. The van der Waals surface area contributed by atoms with E-state index in [1.54, 1.807) is 13.8 Å². The predicted octanol–water partition coefficient (Wildman–Crippen LogP) is 1.54. The van der Waals surface area contributed by atoms with E-state index in [-0.39, 0.29) is 13.0 Å². The lowest BCUT2D eigenvalue weighted by molar-refractivity contribution is -0.153. The van der Waals surface area contributed by atoms with Crippen molar-refractivity contribution in [3.8, 4) is 0 Å². The minimum Gasteiger partial charge on any atom is -0.468 e. The van der Waals surface area contributed by atoms with Crippen molar-refractivity contribution >= 4 is 5.97 Å². The number of nitrogens with two attached hydrogens (primary N) is 1. The van der Waals surface area contributed by atoms with Crippen LogP contribution in [0.5, 0.6) is 0 Å². The summed E-state index contributed by atoms with van der Waals surface area (Å²) in [7, 11) is 1.20. The van der Waals surface area contributed by atoms with Crippen LogP contribution >= 0.6 is 0 Å². The van der Waals surface area contributed by atoms with E-state index in [0.717, 1.165) is 0 Å². The van der Waals surface area contributed by atoms with Crippen LogP contribution in [0.3, 0.4) is 0 Å². The summed E-state index contributed by atoms with van der Waals surface area (Å²) in [6, 6.07) is -0.467. The number of esters is 1. The zero-order valence-electron chi connectivity index (χ0n) is 11.2. The fraction of sp³-hybridized carbons (Fsp3) is 0.909. The van der Waals surface area contributed by atoms with E-state index in [4.69, 9.17) is 5.73 Å². The molecule has 0 aromatic rings. The summed E-state index contributed by atoms with van der Waals surface area (Å²) < 4.78 is 41.6. The minimum atomic E-state index is -4.26. The molecule has 0 heterocycles. The van der Waals surface area contributed by atoms with Gasteiger partial charge in [0.15, 0.2) is 0 Å². The van der Waals surface area contributed by atoms with Gasteiger partial charge >= 0.3 is 12.1 Å². The zero-order chi connectivity index (χ0) is 14.6. The van der Waals surface area contributed by atoms with Crippen molar-refractivity contribution in [3.05, 3.63) is 0 Å². The highest BCUT2D eigenvalue weighted by Gasteiger charge is 2.36. The number of rotatable bonds is 6. The Labute approximate surface area is 105 Å². The molecule has 108 valence electrons. The lowest BCUT2D eigenvalue weighted by Gasteiger charge is -2.33. The summed E-state index contributed by atoms with van der Waals surface area (Å²) in [5.74, 6) is -0.627. The first-order chi connectivity index (χ1) is 8.03. The number of halogens is 3. The molecule has 0 amide bonds. The SMILES string of the molecule is CCN(CC(F)(F)F)C(C)CC(C)(N)C(=O)OC. The minimum absolute atomic E-state index is 0.101. The van der Waals surface area contributed by atoms with Gasteiger partial charge in [0, 0.05) is 6.04 Å². The third kappa shape index (κ3) is 5.68. The van der Waals surface area contributed by atoms with E-state index in [1.165, 1.54) is 18.9 Å². The van der Waals surface area contributed by atoms with E-state index in [2.05, 4.69) is 4.74 Å². The highest BCUT2D eigenvalue weighted by Crippen LogP contribution is 2.21. The van der Waals surface area contributed by atoms with Gasteiger partial charge in [0.1, 0.15) is 5.54 Å². The number of methoxy groups -OCH3 is 1. The summed E-state index contributed by atoms with van der Waals surface area (Å²) in [6.07, 6.45) is -4.16. The van der Waals surface area contributed by atoms with Crippen molar-refractivity contribution in [1.29, 1.82) is 0 Å². The van der Waals surface area contributed by atoms with Gasteiger partial charge in [0.05, 0.1) is 13.7 Å². The van der Waals surface area contributed by atoms with Gasteiger partial charge < -0.3 is 10.5 Å². The quantitative estimate of drug-likeness (QED) is 0.744. The maximum absolute atomic E-state index is 12.3. The molecule has 0 radical (unpaired) electrons. The average Bonchev–Trinajstić information content (AvgIpc) is 2.22. The van der Waals surface area contributed by atoms with Crippen LogP contribution in [0.25, 0.3) is 0 Å². The van der Waals surface area contributed by atoms with Gasteiger partial charge in [0.2, 0.25) is 0 Å². The van der Waals surface area contributed by atoms with Crippen molar-refractivity contribution in [1.82, 2.24) is 4.90 Å². The van der Waals surface area contributed by atoms with Crippen molar-refractivity contribution < 1.29 is 22.7 Å². The largest absolute Gasteiger partial charge is 0.468 e. The molecule has 2 atom stereocenters. The molecule has 0 saturated carbocycles. The summed E-state index contributed by atoms with van der Waals surface area (Å²) in [4.78, 5) is 12.6. The number of alkyl halides is 3. The Hall–Kier alpha value is -0.820. The fourth-order valence-corrected chi connectivity index (χ4v) is 1.87. The maximum atomic E-state index is 12.3. The van der Waals surface area contributed by atoms with E-state index in [0.29, 0.717) is 0 Å². The van der Waals surface area contributed by atoms with E-state index in [1.807, 2.05) is 0 Å². The molecule has 0 bridgehead atoms. The summed E-state index contributed by atoms with van der Waals surface area (Å²) in [5, 5.41) is 0. The Morgan fingerprint density at radius 2 is 1.94 bits per heavy atom. The third-order valence-electron chi connectivity index (χ3n) is 2.78. The van der Waals surface area contributed by atoms with Crippen LogP contribution in [0.4, 0.5) is 13.2 Å². The van der Waals surface area contributed by atoms with Gasteiger partial charge in [-0.2, -0.15) is 13.2 Å². The standard InChI is InChI=1S/C11H21F3N2O2/c1-5-16(7-11(12,13)14)8(2)6-10(3,15)9(17)18-4/h8H,5-7,15H2,1-4H3. The Bertz CT molecular complexity index is 280. The summed E-state index contributed by atoms with van der Waals surface area (Å²) in [5.41, 5.74) is 4.46. The average molecular weight is 270 g/mol. The molecule has 0 saturated heterocycles. The van der Waals surface area contributed by atoms with Gasteiger partial charge in [-0.3, -0.25) is 9.69 Å². The number of carbonyl (C=O) groups is 1. The van der Waals surface area contributed by atoms with Crippen LogP contribution in [0.1, 0.15) is 27.2 Å². The second-order valence-corrected chi connectivity index (χ2v) is 4.64. The van der Waals surface area contributed by atoms with Crippen LogP contribution in [0.15, 0.2) is 0 Å². The molecule has 0 aliphatic carbocycles. The number of hydrogen-bond acceptors (Lipinski definition) is 4. The highest BCUT2D eigenvalue weighted by atomic mass is 19.4. The van der Waals surface area contributed by atoms with E-state index >= 15 is 0 Å². The molecule has 0 aromatic carbocycles. The van der Waals surface area contributed by atoms with Crippen LogP contribution in [0.2, 0.25) is 0 Å². The Kier molecular flexibility index (Phi) is 6.09. The van der Waals surface area contributed by atoms with Gasteiger partial charge in [-0.25, -0.2) is 0 Å². The van der Waals surface area contributed by atoms with E-state index < -0.39 is 30.3 Å². The van der Waals surface area contributed by atoms with Gasteiger partial charge in [-0.05, 0) is 26.8 Å². The van der Waals surface area contributed by atoms with E-state index in [9.17, 15) is 18.0 Å². The van der Waals surface area contributed by atoms with Gasteiger partial charge in [-0.1, -0.05) is 6.92 Å². The number of nitrogens with zero attached hydrogens (tertiary/aromatic N) is 1. The monoisotopic (exact) mass is 270 g/mol. The fourth-order valence-electron chi connectivity index (χ4n) is 1.87. The number of hydrogen-bond donors (Lipinski definition) is 1. The molecule has 2 unspecified atom stereocenters. The van der Waals surface area contributed by atoms with Crippen molar-refractivity contribution in [2.45, 2.75) is 44.9 Å². The molecule has 0 aliphatic rings. The number of ether oxygens (including phenoxy) is 1. The van der Waals surface area contributed by atoms with Crippen LogP contribution in [-0.4, -0.2) is 48.8 Å².